The van der Waals surface area contributed by atoms with Crippen LogP contribution in [-0.2, 0) is 14.3 Å². The fourth-order valence-electron chi connectivity index (χ4n) is 5.46. The first kappa shape index (κ1) is 21.6. The number of piperidine rings is 1. The Morgan fingerprint density at radius 3 is 2.77 bits per heavy atom. The number of hydrogen-bond donors (Lipinski definition) is 1. The number of aliphatic imine (C=N–C) groups is 1. The first-order chi connectivity index (χ1) is 14.4. The number of nitrogens with zero attached hydrogens (tertiary/aromatic N) is 4. The van der Waals surface area contributed by atoms with E-state index in [2.05, 4.69) is 15.4 Å². The molecule has 0 aromatic rings. The Bertz CT molecular complexity index is 693. The Hall–Kier alpha value is -1.65. The molecule has 30 heavy (non-hydrogen) atoms. The molecule has 168 valence electrons. The van der Waals surface area contributed by atoms with Gasteiger partial charge in [0.15, 0.2) is 6.23 Å². The number of likely N-dealkylation sites (tertiary alicyclic amines) is 1. The van der Waals surface area contributed by atoms with Crippen molar-refractivity contribution in [2.75, 3.05) is 27.3 Å². The second-order valence-electron chi connectivity index (χ2n) is 8.66. The molecule has 4 rings (SSSR count). The van der Waals surface area contributed by atoms with Gasteiger partial charge in [0.05, 0.1) is 25.0 Å². The van der Waals surface area contributed by atoms with Crippen LogP contribution in [0.5, 0.6) is 0 Å². The van der Waals surface area contributed by atoms with Gasteiger partial charge in [-0.15, -0.1) is 0 Å². The zero-order chi connectivity index (χ0) is 21.4. The number of fused-ring (bicyclic) bond motifs is 1. The average Bonchev–Trinajstić information content (AvgIpc) is 3.28. The zero-order valence-electron chi connectivity index (χ0n) is 17.7. The summed E-state index contributed by atoms with van der Waals surface area (Å²) in [4.78, 5) is 19.5. The molecule has 0 aliphatic carbocycles. The van der Waals surface area contributed by atoms with Crippen molar-refractivity contribution in [1.82, 2.24) is 15.2 Å². The number of ether oxygens (including phenoxy) is 2. The van der Waals surface area contributed by atoms with E-state index in [1.807, 2.05) is 18.0 Å². The lowest BCUT2D eigenvalue weighted by molar-refractivity contribution is -0.133. The second-order valence-corrected chi connectivity index (χ2v) is 8.66. The molecule has 0 spiro atoms. The van der Waals surface area contributed by atoms with Crippen molar-refractivity contribution in [3.05, 3.63) is 0 Å². The van der Waals surface area contributed by atoms with Crippen LogP contribution >= 0.6 is 0 Å². The highest BCUT2D eigenvalue weighted by Crippen LogP contribution is 2.37. The summed E-state index contributed by atoms with van der Waals surface area (Å²) < 4.78 is 36.3. The lowest BCUT2D eigenvalue weighted by Crippen LogP contribution is -2.55. The minimum Gasteiger partial charge on any atom is -0.377 e. The quantitative estimate of drug-likeness (QED) is 0.683. The van der Waals surface area contributed by atoms with E-state index in [-0.39, 0.29) is 54.2 Å². The van der Waals surface area contributed by atoms with Crippen molar-refractivity contribution in [3.63, 3.8) is 0 Å². The molecule has 4 aliphatic heterocycles. The number of rotatable bonds is 6. The molecule has 8 unspecified atom stereocenters. The highest BCUT2D eigenvalue weighted by molar-refractivity contribution is 5.87. The maximum absolute atomic E-state index is 13.1. The zero-order valence-corrected chi connectivity index (χ0v) is 17.7. The number of carbonyl (C=O) groups is 1. The molecule has 2 saturated heterocycles. The van der Waals surface area contributed by atoms with Gasteiger partial charge in [-0.25, -0.2) is 8.78 Å². The van der Waals surface area contributed by atoms with Crippen LogP contribution in [0.2, 0.25) is 0 Å². The van der Waals surface area contributed by atoms with Gasteiger partial charge < -0.3 is 19.7 Å². The third-order valence-electron chi connectivity index (χ3n) is 6.97. The Kier molecular flexibility index (Phi) is 6.36. The Labute approximate surface area is 175 Å². The lowest BCUT2D eigenvalue weighted by atomic mass is 9.80. The van der Waals surface area contributed by atoms with Gasteiger partial charge >= 0.3 is 0 Å². The Morgan fingerprint density at radius 1 is 1.27 bits per heavy atom. The summed E-state index contributed by atoms with van der Waals surface area (Å²) in [6, 6.07) is -0.0380. The van der Waals surface area contributed by atoms with Crippen LogP contribution in [0.1, 0.15) is 26.2 Å². The maximum Gasteiger partial charge on any atom is 0.257 e. The fraction of sp³-hybridized carbons (Fsp3) is 0.850. The van der Waals surface area contributed by atoms with E-state index in [4.69, 9.17) is 9.47 Å². The average molecular weight is 427 g/mol. The maximum atomic E-state index is 13.1. The largest absolute Gasteiger partial charge is 0.377 e. The number of methoxy groups -OCH3 is 2. The van der Waals surface area contributed by atoms with E-state index >= 15 is 0 Å². The minimum atomic E-state index is -2.44. The van der Waals surface area contributed by atoms with Gasteiger partial charge in [-0.05, 0) is 26.2 Å². The number of hydrazone groups is 1. The normalized spacial score (nSPS) is 41.2. The number of amides is 1. The fourth-order valence-corrected chi connectivity index (χ4v) is 5.46. The van der Waals surface area contributed by atoms with Crippen molar-refractivity contribution in [2.24, 2.45) is 21.9 Å². The van der Waals surface area contributed by atoms with Gasteiger partial charge in [0, 0.05) is 50.7 Å². The monoisotopic (exact) mass is 427 g/mol. The molecule has 4 heterocycles. The summed E-state index contributed by atoms with van der Waals surface area (Å²) in [5.74, 6) is 0.229. The summed E-state index contributed by atoms with van der Waals surface area (Å²) >= 11 is 0. The summed E-state index contributed by atoms with van der Waals surface area (Å²) in [6.07, 6.45) is 3.31. The standard InChI is InChI=1S/C20H31F2N5O3/c1-11-18-14(20(28)27(11)13-8-24-26(9-13)10-17(21)22)4-5-15(25-18)12-6-16(29-2)19(30-3)23-7-12/h7-8,11-19,25H,4-6,9-10H2,1-3H3. The molecule has 0 aromatic carbocycles. The van der Waals surface area contributed by atoms with E-state index < -0.39 is 13.0 Å². The number of carbonyl (C=O) groups excluding carboxylic acids is 1. The minimum absolute atomic E-state index is 0.0290. The molecular weight excluding hydrogens is 396 g/mol. The van der Waals surface area contributed by atoms with E-state index in [1.54, 1.807) is 20.4 Å². The molecule has 0 aromatic heterocycles. The molecule has 8 atom stereocenters. The molecule has 0 radical (unpaired) electrons. The van der Waals surface area contributed by atoms with Crippen LogP contribution in [0.4, 0.5) is 8.78 Å². The number of hydrogen-bond acceptors (Lipinski definition) is 7. The van der Waals surface area contributed by atoms with Gasteiger partial charge in [0.25, 0.3) is 6.43 Å². The predicted molar refractivity (Wildman–Crippen MR) is 108 cm³/mol. The van der Waals surface area contributed by atoms with Crippen molar-refractivity contribution < 1.29 is 23.0 Å². The van der Waals surface area contributed by atoms with Crippen LogP contribution in [0, 0.1) is 11.8 Å². The van der Waals surface area contributed by atoms with Crippen molar-refractivity contribution >= 4 is 18.3 Å². The van der Waals surface area contributed by atoms with Gasteiger partial charge in [0.2, 0.25) is 5.91 Å². The molecule has 0 bridgehead atoms. The first-order valence-electron chi connectivity index (χ1n) is 10.7. The van der Waals surface area contributed by atoms with Crippen molar-refractivity contribution in [3.8, 4) is 0 Å². The predicted octanol–water partition coefficient (Wildman–Crippen LogP) is 0.967. The summed E-state index contributed by atoms with van der Waals surface area (Å²) in [5, 5.41) is 9.14. The van der Waals surface area contributed by atoms with E-state index in [9.17, 15) is 13.6 Å². The number of halogens is 2. The molecule has 0 saturated carbocycles. The highest BCUT2D eigenvalue weighted by Gasteiger charge is 2.52. The van der Waals surface area contributed by atoms with Crippen LogP contribution in [0.15, 0.2) is 10.1 Å². The number of alkyl halides is 2. The molecule has 10 heteroatoms. The summed E-state index contributed by atoms with van der Waals surface area (Å²) in [6.45, 7) is 1.96. The Morgan fingerprint density at radius 2 is 2.07 bits per heavy atom. The molecule has 1 N–H and O–H groups in total. The first-order valence-corrected chi connectivity index (χ1v) is 10.7. The third kappa shape index (κ3) is 3.97. The number of nitrogens with one attached hydrogen (secondary N) is 1. The van der Waals surface area contributed by atoms with Crippen LogP contribution in [-0.4, -0.2) is 98.5 Å². The van der Waals surface area contributed by atoms with Gasteiger partial charge in [0.1, 0.15) is 6.10 Å². The van der Waals surface area contributed by atoms with Crippen LogP contribution < -0.4 is 5.32 Å². The van der Waals surface area contributed by atoms with Gasteiger partial charge in [-0.3, -0.25) is 14.8 Å². The Balaban J connectivity index is 1.41. The second kappa shape index (κ2) is 8.84. The summed E-state index contributed by atoms with van der Waals surface area (Å²) in [7, 11) is 3.31. The molecule has 1 amide bonds. The molecule has 4 aliphatic rings. The SMILES string of the molecule is COC1CC(C2CCC3C(=O)N(C4C=NN(CC(F)F)C4)C(C)C3N2)C=NC1OC. The van der Waals surface area contributed by atoms with Crippen LogP contribution in [0.25, 0.3) is 0 Å². The smallest absolute Gasteiger partial charge is 0.257 e. The molecule has 2 fully saturated rings. The van der Waals surface area contributed by atoms with Crippen molar-refractivity contribution in [2.45, 2.75) is 69.1 Å². The highest BCUT2D eigenvalue weighted by atomic mass is 19.3. The van der Waals surface area contributed by atoms with E-state index in [0.717, 1.165) is 19.3 Å². The van der Waals surface area contributed by atoms with E-state index in [0.29, 0.717) is 6.54 Å². The molecule has 8 nitrogen and oxygen atoms in total. The van der Waals surface area contributed by atoms with Crippen molar-refractivity contribution in [1.29, 1.82) is 0 Å². The lowest BCUT2D eigenvalue weighted by Gasteiger charge is -2.40. The third-order valence-corrected chi connectivity index (χ3v) is 6.97. The molecular formula is C20H31F2N5O3. The summed E-state index contributed by atoms with van der Waals surface area (Å²) in [5.41, 5.74) is 0. The van der Waals surface area contributed by atoms with Gasteiger partial charge in [-0.1, -0.05) is 0 Å². The van der Waals surface area contributed by atoms with E-state index in [1.165, 1.54) is 5.01 Å². The van der Waals surface area contributed by atoms with Gasteiger partial charge in [-0.2, -0.15) is 5.10 Å². The topological polar surface area (TPSA) is 78.8 Å². The van der Waals surface area contributed by atoms with Crippen LogP contribution in [0.3, 0.4) is 0 Å².